The lowest BCUT2D eigenvalue weighted by Gasteiger charge is -2.13. The molecule has 0 saturated carbocycles. The summed E-state index contributed by atoms with van der Waals surface area (Å²) in [6.07, 6.45) is 0.773. The van der Waals surface area contributed by atoms with Gasteiger partial charge in [0.15, 0.2) is 17.8 Å². The maximum absolute atomic E-state index is 11.2. The number of benzene rings is 2. The lowest BCUT2D eigenvalue weighted by Crippen LogP contribution is -2.01. The number of hydrogen-bond acceptors (Lipinski definition) is 4. The molecule has 3 rings (SSSR count). The van der Waals surface area contributed by atoms with Crippen LogP contribution in [-0.4, -0.2) is 13.1 Å². The fourth-order valence-corrected chi connectivity index (χ4v) is 2.22. The van der Waals surface area contributed by atoms with Crippen molar-refractivity contribution in [2.45, 2.75) is 13.5 Å². The molecule has 0 aliphatic carbocycles. The van der Waals surface area contributed by atoms with Crippen LogP contribution >= 0.6 is 0 Å². The Morgan fingerprint density at radius 2 is 2.05 bits per heavy atom. The summed E-state index contributed by atoms with van der Waals surface area (Å²) in [5.41, 5.74) is 2.31. The SMILES string of the molecule is Cc1c(OCc2ccccc2)c(C=O)cc2c1OCO2. The fourth-order valence-electron chi connectivity index (χ4n) is 2.22. The maximum atomic E-state index is 11.2. The second kappa shape index (κ2) is 5.25. The predicted molar refractivity (Wildman–Crippen MR) is 73.5 cm³/mol. The molecule has 2 aromatic rings. The van der Waals surface area contributed by atoms with Crippen molar-refractivity contribution in [3.05, 3.63) is 53.1 Å². The van der Waals surface area contributed by atoms with E-state index < -0.39 is 0 Å². The number of rotatable bonds is 4. The van der Waals surface area contributed by atoms with Gasteiger partial charge in [0.25, 0.3) is 0 Å². The minimum atomic E-state index is 0.177. The van der Waals surface area contributed by atoms with Crippen molar-refractivity contribution in [3.63, 3.8) is 0 Å². The standard InChI is InChI=1S/C16H14O4/c1-11-15(18-9-12-5-3-2-4-6-12)13(8-17)7-14-16(11)20-10-19-14/h2-8H,9-10H2,1H3. The summed E-state index contributed by atoms with van der Waals surface area (Å²) < 4.78 is 16.5. The number of ether oxygens (including phenoxy) is 3. The van der Waals surface area contributed by atoms with Gasteiger partial charge < -0.3 is 14.2 Å². The Labute approximate surface area is 116 Å². The highest BCUT2D eigenvalue weighted by atomic mass is 16.7. The zero-order valence-electron chi connectivity index (χ0n) is 11.1. The Bertz CT molecular complexity index is 635. The molecular weight excluding hydrogens is 256 g/mol. The van der Waals surface area contributed by atoms with Crippen LogP contribution in [0.1, 0.15) is 21.5 Å². The van der Waals surface area contributed by atoms with Crippen LogP contribution in [0.25, 0.3) is 0 Å². The summed E-state index contributed by atoms with van der Waals surface area (Å²) in [7, 11) is 0. The number of carbonyl (C=O) groups excluding carboxylic acids is 1. The van der Waals surface area contributed by atoms with Crippen molar-refractivity contribution in [3.8, 4) is 17.2 Å². The lowest BCUT2D eigenvalue weighted by atomic mass is 10.1. The number of aldehydes is 1. The molecule has 4 heteroatoms. The first-order valence-corrected chi connectivity index (χ1v) is 6.34. The number of fused-ring (bicyclic) bond motifs is 1. The molecule has 0 radical (unpaired) electrons. The molecule has 4 nitrogen and oxygen atoms in total. The zero-order chi connectivity index (χ0) is 13.9. The van der Waals surface area contributed by atoms with Gasteiger partial charge in [-0.15, -0.1) is 0 Å². The van der Waals surface area contributed by atoms with Gasteiger partial charge in [0.1, 0.15) is 12.4 Å². The smallest absolute Gasteiger partial charge is 0.231 e. The van der Waals surface area contributed by atoms with E-state index in [1.807, 2.05) is 37.3 Å². The van der Waals surface area contributed by atoms with Gasteiger partial charge in [-0.2, -0.15) is 0 Å². The average molecular weight is 270 g/mol. The van der Waals surface area contributed by atoms with E-state index in [0.717, 1.165) is 17.4 Å². The highest BCUT2D eigenvalue weighted by Crippen LogP contribution is 2.42. The summed E-state index contributed by atoms with van der Waals surface area (Å²) in [6, 6.07) is 11.5. The summed E-state index contributed by atoms with van der Waals surface area (Å²) >= 11 is 0. The third-order valence-corrected chi connectivity index (χ3v) is 3.22. The van der Waals surface area contributed by atoms with Crippen LogP contribution in [-0.2, 0) is 6.61 Å². The average Bonchev–Trinajstić information content (AvgIpc) is 2.95. The van der Waals surface area contributed by atoms with Crippen molar-refractivity contribution in [1.82, 2.24) is 0 Å². The second-order valence-corrected chi connectivity index (χ2v) is 4.55. The minimum Gasteiger partial charge on any atom is -0.488 e. The van der Waals surface area contributed by atoms with Crippen LogP contribution in [0, 0.1) is 6.92 Å². The number of carbonyl (C=O) groups is 1. The van der Waals surface area contributed by atoms with E-state index in [1.165, 1.54) is 0 Å². The van der Waals surface area contributed by atoms with Crippen molar-refractivity contribution < 1.29 is 19.0 Å². The Morgan fingerprint density at radius 3 is 2.80 bits per heavy atom. The third-order valence-electron chi connectivity index (χ3n) is 3.22. The fraction of sp³-hybridized carbons (Fsp3) is 0.188. The summed E-state index contributed by atoms with van der Waals surface area (Å²) in [4.78, 5) is 11.2. The van der Waals surface area contributed by atoms with E-state index in [4.69, 9.17) is 14.2 Å². The first kappa shape index (κ1) is 12.5. The van der Waals surface area contributed by atoms with Crippen LogP contribution < -0.4 is 14.2 Å². The van der Waals surface area contributed by atoms with Crippen LogP contribution in [0.3, 0.4) is 0 Å². The van der Waals surface area contributed by atoms with Gasteiger partial charge in [0.05, 0.1) is 5.56 Å². The van der Waals surface area contributed by atoms with Crippen LogP contribution in [0.2, 0.25) is 0 Å². The first-order valence-electron chi connectivity index (χ1n) is 6.34. The predicted octanol–water partition coefficient (Wildman–Crippen LogP) is 3.12. The molecule has 0 N–H and O–H groups in total. The van der Waals surface area contributed by atoms with Crippen LogP contribution in [0.4, 0.5) is 0 Å². The highest BCUT2D eigenvalue weighted by molar-refractivity contribution is 5.83. The van der Waals surface area contributed by atoms with Gasteiger partial charge in [-0.25, -0.2) is 0 Å². The Hall–Kier alpha value is -2.49. The molecule has 20 heavy (non-hydrogen) atoms. The van der Waals surface area contributed by atoms with Gasteiger partial charge in [-0.3, -0.25) is 4.79 Å². The van der Waals surface area contributed by atoms with Crippen molar-refractivity contribution in [2.24, 2.45) is 0 Å². The van der Waals surface area contributed by atoms with Crippen LogP contribution in [0.5, 0.6) is 17.2 Å². The van der Waals surface area contributed by atoms with Gasteiger partial charge in [-0.1, -0.05) is 30.3 Å². The molecule has 1 aliphatic heterocycles. The minimum absolute atomic E-state index is 0.177. The van der Waals surface area contributed by atoms with Crippen LogP contribution in [0.15, 0.2) is 36.4 Å². The van der Waals surface area contributed by atoms with E-state index in [9.17, 15) is 4.79 Å². The molecule has 1 heterocycles. The summed E-state index contributed by atoms with van der Waals surface area (Å²) in [6.45, 7) is 2.44. The monoisotopic (exact) mass is 270 g/mol. The molecule has 0 spiro atoms. The molecule has 0 bridgehead atoms. The highest BCUT2D eigenvalue weighted by Gasteiger charge is 2.22. The van der Waals surface area contributed by atoms with Crippen molar-refractivity contribution in [1.29, 1.82) is 0 Å². The molecule has 0 amide bonds. The van der Waals surface area contributed by atoms with Gasteiger partial charge in [-0.05, 0) is 18.6 Å². The normalized spacial score (nSPS) is 12.2. The van der Waals surface area contributed by atoms with Crippen molar-refractivity contribution in [2.75, 3.05) is 6.79 Å². The topological polar surface area (TPSA) is 44.8 Å². The number of hydrogen-bond donors (Lipinski definition) is 0. The second-order valence-electron chi connectivity index (χ2n) is 4.55. The van der Waals surface area contributed by atoms with E-state index in [-0.39, 0.29) is 6.79 Å². The van der Waals surface area contributed by atoms with E-state index in [2.05, 4.69) is 0 Å². The van der Waals surface area contributed by atoms with Gasteiger partial charge >= 0.3 is 0 Å². The van der Waals surface area contributed by atoms with Gasteiger partial charge in [0, 0.05) is 5.56 Å². The molecule has 102 valence electrons. The molecular formula is C16H14O4. The molecule has 1 aliphatic rings. The molecule has 0 aromatic heterocycles. The summed E-state index contributed by atoms with van der Waals surface area (Å²) in [5.74, 6) is 1.79. The Morgan fingerprint density at radius 1 is 1.25 bits per heavy atom. The Kier molecular flexibility index (Phi) is 3.29. The molecule has 0 atom stereocenters. The molecule has 0 saturated heterocycles. The van der Waals surface area contributed by atoms with E-state index in [0.29, 0.717) is 29.4 Å². The maximum Gasteiger partial charge on any atom is 0.231 e. The molecule has 0 unspecified atom stereocenters. The lowest BCUT2D eigenvalue weighted by molar-refractivity contribution is 0.111. The zero-order valence-corrected chi connectivity index (χ0v) is 11.1. The molecule has 0 fully saturated rings. The first-order chi connectivity index (χ1) is 9.79. The van der Waals surface area contributed by atoms with E-state index >= 15 is 0 Å². The Balaban J connectivity index is 1.91. The third kappa shape index (κ3) is 2.20. The van der Waals surface area contributed by atoms with E-state index in [1.54, 1.807) is 6.07 Å². The van der Waals surface area contributed by atoms with Gasteiger partial charge in [0.2, 0.25) is 6.79 Å². The van der Waals surface area contributed by atoms with Crippen molar-refractivity contribution >= 4 is 6.29 Å². The largest absolute Gasteiger partial charge is 0.488 e. The molecule has 2 aromatic carbocycles. The summed E-state index contributed by atoms with van der Waals surface area (Å²) in [5, 5.41) is 0. The quantitative estimate of drug-likeness (QED) is 0.801.